The molecule has 5 heteroatoms. The van der Waals surface area contributed by atoms with Crippen LogP contribution in [-0.4, -0.2) is 16.7 Å². The second-order valence-corrected chi connectivity index (χ2v) is 7.78. The molecule has 0 bridgehead atoms. The number of benzene rings is 2. The van der Waals surface area contributed by atoms with Crippen molar-refractivity contribution in [2.45, 2.75) is 32.8 Å². The number of Topliss-reactive ketones (excluding diaryl/α,β-unsaturated/α-hetero) is 1. The predicted octanol–water partition coefficient (Wildman–Crippen LogP) is 4.78. The van der Waals surface area contributed by atoms with Crippen LogP contribution in [0.5, 0.6) is 5.75 Å². The van der Waals surface area contributed by atoms with Crippen LogP contribution in [0.2, 0.25) is 0 Å². The Morgan fingerprint density at radius 1 is 0.966 bits per heavy atom. The lowest BCUT2D eigenvalue weighted by Gasteiger charge is -2.18. The van der Waals surface area contributed by atoms with E-state index in [1.165, 1.54) is 0 Å². The summed E-state index contributed by atoms with van der Waals surface area (Å²) in [5.74, 6) is -0.657. The summed E-state index contributed by atoms with van der Waals surface area (Å²) in [6.07, 6.45) is 3.41. The number of nitrogens with zero attached hydrogens (tertiary/aromatic N) is 1. The van der Waals surface area contributed by atoms with Crippen LogP contribution >= 0.6 is 0 Å². The average Bonchev–Trinajstić information content (AvgIpc) is 2.72. The van der Waals surface area contributed by atoms with E-state index in [4.69, 9.17) is 4.74 Å². The molecule has 0 saturated carbocycles. The SMILES string of the molecule is CC(C)(C)c1ccc(C(=O)C(=O)Nc2cccc(OCc3ccncc3)c2)cc1. The van der Waals surface area contributed by atoms with E-state index in [0.717, 1.165) is 11.1 Å². The number of ether oxygens (including phenoxy) is 1. The number of aromatic nitrogens is 1. The normalized spacial score (nSPS) is 11.0. The number of ketones is 1. The molecule has 0 aliphatic rings. The van der Waals surface area contributed by atoms with Crippen molar-refractivity contribution in [1.29, 1.82) is 0 Å². The quantitative estimate of drug-likeness (QED) is 0.487. The topological polar surface area (TPSA) is 68.3 Å². The van der Waals surface area contributed by atoms with Crippen LogP contribution in [0.25, 0.3) is 0 Å². The van der Waals surface area contributed by atoms with Gasteiger partial charge in [0.15, 0.2) is 0 Å². The second-order valence-electron chi connectivity index (χ2n) is 7.78. The molecule has 0 aliphatic heterocycles. The largest absolute Gasteiger partial charge is 0.489 e. The molecule has 2 aromatic carbocycles. The van der Waals surface area contributed by atoms with Crippen molar-refractivity contribution in [3.8, 4) is 5.75 Å². The average molecular weight is 388 g/mol. The van der Waals surface area contributed by atoms with Gasteiger partial charge < -0.3 is 10.1 Å². The van der Waals surface area contributed by atoms with Crippen molar-refractivity contribution in [3.63, 3.8) is 0 Å². The minimum atomic E-state index is -0.681. The molecule has 0 fully saturated rings. The van der Waals surface area contributed by atoms with Crippen LogP contribution < -0.4 is 10.1 Å². The Kier molecular flexibility index (Phi) is 6.07. The van der Waals surface area contributed by atoms with Gasteiger partial charge in [-0.3, -0.25) is 14.6 Å². The Hall–Kier alpha value is -3.47. The summed E-state index contributed by atoms with van der Waals surface area (Å²) in [5, 5.41) is 2.65. The minimum Gasteiger partial charge on any atom is -0.489 e. The summed E-state index contributed by atoms with van der Waals surface area (Å²) < 4.78 is 5.74. The first-order chi connectivity index (χ1) is 13.8. The first kappa shape index (κ1) is 20.3. The van der Waals surface area contributed by atoms with Crippen LogP contribution in [-0.2, 0) is 16.8 Å². The van der Waals surface area contributed by atoms with Gasteiger partial charge in [-0.05, 0) is 40.8 Å². The number of hydrogen-bond acceptors (Lipinski definition) is 4. The third-order valence-corrected chi connectivity index (χ3v) is 4.47. The Morgan fingerprint density at radius 2 is 1.66 bits per heavy atom. The van der Waals surface area contributed by atoms with Gasteiger partial charge in [0.25, 0.3) is 11.7 Å². The maximum absolute atomic E-state index is 12.5. The highest BCUT2D eigenvalue weighted by Crippen LogP contribution is 2.23. The molecule has 0 saturated heterocycles. The Labute approximate surface area is 170 Å². The van der Waals surface area contributed by atoms with Crippen molar-refractivity contribution in [3.05, 3.63) is 89.7 Å². The first-order valence-corrected chi connectivity index (χ1v) is 9.41. The molecule has 5 nitrogen and oxygen atoms in total. The number of pyridine rings is 1. The van der Waals surface area contributed by atoms with Gasteiger partial charge in [0.1, 0.15) is 12.4 Å². The lowest BCUT2D eigenvalue weighted by atomic mass is 9.86. The standard InChI is InChI=1S/C24H24N2O3/c1-24(2,3)19-9-7-18(8-10-19)22(27)23(28)26-20-5-4-6-21(15-20)29-16-17-11-13-25-14-12-17/h4-15H,16H2,1-3H3,(H,26,28). The van der Waals surface area contributed by atoms with Crippen LogP contribution in [0.1, 0.15) is 42.3 Å². The number of hydrogen-bond donors (Lipinski definition) is 1. The summed E-state index contributed by atoms with van der Waals surface area (Å²) >= 11 is 0. The number of nitrogens with one attached hydrogen (secondary N) is 1. The van der Waals surface area contributed by atoms with Gasteiger partial charge in [-0.15, -0.1) is 0 Å². The van der Waals surface area contributed by atoms with E-state index in [1.54, 1.807) is 48.8 Å². The van der Waals surface area contributed by atoms with Crippen LogP contribution in [0.4, 0.5) is 5.69 Å². The molecule has 148 valence electrons. The second kappa shape index (κ2) is 8.69. The lowest BCUT2D eigenvalue weighted by molar-refractivity contribution is -0.112. The third kappa shape index (κ3) is 5.51. The van der Waals surface area contributed by atoms with Crippen molar-refractivity contribution in [1.82, 2.24) is 4.98 Å². The molecule has 1 aromatic heterocycles. The van der Waals surface area contributed by atoms with Crippen molar-refractivity contribution in [2.75, 3.05) is 5.32 Å². The van der Waals surface area contributed by atoms with Crippen LogP contribution in [0.15, 0.2) is 73.1 Å². The highest BCUT2D eigenvalue weighted by Gasteiger charge is 2.18. The number of carbonyl (C=O) groups is 2. The molecule has 1 amide bonds. The number of anilines is 1. The Bertz CT molecular complexity index is 991. The van der Waals surface area contributed by atoms with E-state index >= 15 is 0 Å². The fourth-order valence-electron chi connectivity index (χ4n) is 2.75. The smallest absolute Gasteiger partial charge is 0.296 e. The highest BCUT2D eigenvalue weighted by atomic mass is 16.5. The van der Waals surface area contributed by atoms with E-state index in [0.29, 0.717) is 23.6 Å². The molecular formula is C24H24N2O3. The van der Waals surface area contributed by atoms with E-state index in [2.05, 4.69) is 31.1 Å². The van der Waals surface area contributed by atoms with E-state index in [-0.39, 0.29) is 5.41 Å². The van der Waals surface area contributed by atoms with Crippen molar-refractivity contribution < 1.29 is 14.3 Å². The molecule has 3 aromatic rings. The molecule has 0 aliphatic carbocycles. The number of rotatable bonds is 6. The summed E-state index contributed by atoms with van der Waals surface area (Å²) in [5.41, 5.74) is 2.94. The van der Waals surface area contributed by atoms with E-state index < -0.39 is 11.7 Å². The zero-order valence-electron chi connectivity index (χ0n) is 16.8. The molecule has 0 atom stereocenters. The maximum Gasteiger partial charge on any atom is 0.296 e. The summed E-state index contributed by atoms with van der Waals surface area (Å²) in [4.78, 5) is 28.8. The van der Waals surface area contributed by atoms with Gasteiger partial charge in [0, 0.05) is 29.7 Å². The van der Waals surface area contributed by atoms with Gasteiger partial charge in [-0.2, -0.15) is 0 Å². The molecular weight excluding hydrogens is 364 g/mol. The minimum absolute atomic E-state index is 0.0134. The molecule has 3 rings (SSSR count). The number of amides is 1. The molecule has 1 heterocycles. The van der Waals surface area contributed by atoms with Gasteiger partial charge in [0.2, 0.25) is 0 Å². The van der Waals surface area contributed by atoms with Crippen molar-refractivity contribution in [2.24, 2.45) is 0 Å². The fourth-order valence-corrected chi connectivity index (χ4v) is 2.75. The van der Waals surface area contributed by atoms with Crippen LogP contribution in [0.3, 0.4) is 0 Å². The van der Waals surface area contributed by atoms with E-state index in [9.17, 15) is 9.59 Å². The maximum atomic E-state index is 12.5. The summed E-state index contributed by atoms with van der Waals surface area (Å²) in [6.45, 7) is 6.68. The summed E-state index contributed by atoms with van der Waals surface area (Å²) in [7, 11) is 0. The molecule has 0 spiro atoms. The van der Waals surface area contributed by atoms with Gasteiger partial charge in [-0.1, -0.05) is 51.1 Å². The summed E-state index contributed by atoms with van der Waals surface area (Å²) in [6, 6.07) is 17.9. The van der Waals surface area contributed by atoms with Gasteiger partial charge in [-0.25, -0.2) is 0 Å². The van der Waals surface area contributed by atoms with Crippen LogP contribution in [0, 0.1) is 0 Å². The van der Waals surface area contributed by atoms with Gasteiger partial charge in [0.05, 0.1) is 0 Å². The highest BCUT2D eigenvalue weighted by molar-refractivity contribution is 6.46. The Morgan fingerprint density at radius 3 is 2.31 bits per heavy atom. The Balaban J connectivity index is 1.63. The number of carbonyl (C=O) groups excluding carboxylic acids is 2. The zero-order chi connectivity index (χ0) is 20.9. The predicted molar refractivity (Wildman–Crippen MR) is 113 cm³/mol. The van der Waals surface area contributed by atoms with E-state index in [1.807, 2.05) is 24.3 Å². The molecule has 0 unspecified atom stereocenters. The lowest BCUT2D eigenvalue weighted by Crippen LogP contribution is -2.23. The third-order valence-electron chi connectivity index (χ3n) is 4.47. The monoisotopic (exact) mass is 388 g/mol. The first-order valence-electron chi connectivity index (χ1n) is 9.41. The van der Waals surface area contributed by atoms with Gasteiger partial charge >= 0.3 is 0 Å². The molecule has 0 radical (unpaired) electrons. The molecule has 29 heavy (non-hydrogen) atoms. The zero-order valence-corrected chi connectivity index (χ0v) is 16.8. The fraction of sp³-hybridized carbons (Fsp3) is 0.208. The molecule has 1 N–H and O–H groups in total. The van der Waals surface area contributed by atoms with Crippen molar-refractivity contribution >= 4 is 17.4 Å².